The van der Waals surface area contributed by atoms with Crippen molar-refractivity contribution in [3.05, 3.63) is 40.7 Å². The Labute approximate surface area is 91.6 Å². The highest BCUT2D eigenvalue weighted by Crippen LogP contribution is 2.30. The van der Waals surface area contributed by atoms with Gasteiger partial charge >= 0.3 is 0 Å². The minimum atomic E-state index is -0.960. The molecule has 1 unspecified atom stereocenters. The van der Waals surface area contributed by atoms with Crippen LogP contribution in [-0.2, 0) is 17.6 Å². The van der Waals surface area contributed by atoms with E-state index in [1.54, 1.807) is 12.3 Å². The minimum Gasteiger partial charge on any atom is -0.612 e. The molecule has 1 aliphatic heterocycles. The van der Waals surface area contributed by atoms with Crippen LogP contribution in [0.5, 0.6) is 0 Å². The van der Waals surface area contributed by atoms with E-state index in [2.05, 4.69) is 0 Å². The number of hydrogen-bond donors (Lipinski definition) is 0. The number of fused-ring (bicyclic) bond motifs is 1. The molecule has 1 aliphatic rings. The number of benzene rings is 1. The van der Waals surface area contributed by atoms with E-state index in [1.165, 1.54) is 12.1 Å². The molecule has 1 atom stereocenters. The summed E-state index contributed by atoms with van der Waals surface area (Å²) in [6.45, 7) is 0. The van der Waals surface area contributed by atoms with Crippen LogP contribution in [0.2, 0.25) is 0 Å². The molecule has 2 nitrogen and oxygen atoms in total. The summed E-state index contributed by atoms with van der Waals surface area (Å²) in [5.74, 6) is -0.241. The van der Waals surface area contributed by atoms with E-state index < -0.39 is 11.2 Å². The average Bonchev–Trinajstić information content (AvgIpc) is 2.18. The highest BCUT2D eigenvalue weighted by Gasteiger charge is 2.20. The van der Waals surface area contributed by atoms with Crippen molar-refractivity contribution in [1.82, 2.24) is 0 Å². The Balaban J connectivity index is 2.40. The first kappa shape index (κ1) is 10.5. The lowest BCUT2D eigenvalue weighted by atomic mass is 10.1. The second kappa shape index (κ2) is 3.87. The van der Waals surface area contributed by atoms with Crippen LogP contribution in [0, 0.1) is 5.82 Å². The van der Waals surface area contributed by atoms with Gasteiger partial charge in [0.2, 0.25) is 0 Å². The molecule has 0 N–H and O–H groups in total. The van der Waals surface area contributed by atoms with Gasteiger partial charge in [0.1, 0.15) is 17.0 Å². The van der Waals surface area contributed by atoms with Crippen molar-refractivity contribution in [1.29, 1.82) is 0 Å². The van der Waals surface area contributed by atoms with Gasteiger partial charge in [-0.15, -0.1) is 0 Å². The molecule has 1 aromatic rings. The van der Waals surface area contributed by atoms with Gasteiger partial charge in [0.15, 0.2) is 0 Å². The summed E-state index contributed by atoms with van der Waals surface area (Å²) in [5, 5.41) is 0. The fourth-order valence-corrected chi connectivity index (χ4v) is 2.37. The fourth-order valence-electron chi connectivity index (χ4n) is 1.71. The Hall–Kier alpha value is -1.00. The molecule has 0 radical (unpaired) electrons. The molecule has 0 bridgehead atoms. The molecule has 4 heteroatoms. The smallest absolute Gasteiger partial charge is 0.149 e. The van der Waals surface area contributed by atoms with Gasteiger partial charge < -0.3 is 9.45 Å². The normalized spacial score (nSPS) is 17.1. The molecule has 0 saturated heterocycles. The first-order valence-corrected chi connectivity index (χ1v) is 6.19. The van der Waals surface area contributed by atoms with E-state index in [1.807, 2.05) is 18.1 Å². The van der Waals surface area contributed by atoms with Crippen LogP contribution in [0.4, 0.5) is 10.1 Å². The number of allylic oxidation sites excluding steroid dienone is 1. The van der Waals surface area contributed by atoms with Crippen molar-refractivity contribution in [3.63, 3.8) is 0 Å². The summed E-state index contributed by atoms with van der Waals surface area (Å²) >= 11 is -0.960. The van der Waals surface area contributed by atoms with Gasteiger partial charge in [0, 0.05) is 19.2 Å². The zero-order valence-electron chi connectivity index (χ0n) is 8.66. The predicted octanol–water partition coefficient (Wildman–Crippen LogP) is 2.04. The van der Waals surface area contributed by atoms with Crippen LogP contribution in [0.3, 0.4) is 0 Å². The first-order valence-electron chi connectivity index (χ1n) is 4.63. The predicted molar refractivity (Wildman–Crippen MR) is 60.7 cm³/mol. The molecule has 80 valence electrons. The van der Waals surface area contributed by atoms with E-state index in [9.17, 15) is 8.94 Å². The third-order valence-corrected chi connectivity index (χ3v) is 3.49. The number of rotatable bonds is 1. The Morgan fingerprint density at radius 2 is 2.20 bits per heavy atom. The second-order valence-electron chi connectivity index (χ2n) is 3.61. The molecule has 15 heavy (non-hydrogen) atoms. The molecule has 0 spiro atoms. The lowest BCUT2D eigenvalue weighted by Crippen LogP contribution is -2.20. The Bertz CT molecular complexity index is 417. The molecule has 0 fully saturated rings. The lowest BCUT2D eigenvalue weighted by Gasteiger charge is -2.25. The summed E-state index contributed by atoms with van der Waals surface area (Å²) in [7, 11) is 1.84. The molecule has 0 saturated carbocycles. The molecule has 1 heterocycles. The van der Waals surface area contributed by atoms with Crippen molar-refractivity contribution in [2.45, 2.75) is 6.42 Å². The van der Waals surface area contributed by atoms with Crippen LogP contribution >= 0.6 is 0 Å². The van der Waals surface area contributed by atoms with Crippen molar-refractivity contribution >= 4 is 16.9 Å². The van der Waals surface area contributed by atoms with Gasteiger partial charge in [-0.2, -0.15) is 0 Å². The van der Waals surface area contributed by atoms with Gasteiger partial charge in [0.05, 0.1) is 6.20 Å². The number of hydrogen-bond acceptors (Lipinski definition) is 2. The van der Waals surface area contributed by atoms with Gasteiger partial charge in [-0.05, 0) is 28.9 Å². The third kappa shape index (κ3) is 2.01. The molecular weight excluding hydrogens is 213 g/mol. The Morgan fingerprint density at radius 3 is 2.87 bits per heavy atom. The van der Waals surface area contributed by atoms with E-state index in [0.29, 0.717) is 6.42 Å². The lowest BCUT2D eigenvalue weighted by molar-refractivity contribution is 0.605. The molecule has 1 aromatic carbocycles. The first-order chi connectivity index (χ1) is 7.08. The Morgan fingerprint density at radius 1 is 1.47 bits per heavy atom. The van der Waals surface area contributed by atoms with Gasteiger partial charge in [-0.25, -0.2) is 4.39 Å². The maximum atomic E-state index is 13.0. The van der Waals surface area contributed by atoms with Crippen LogP contribution in [0.15, 0.2) is 29.3 Å². The average molecular weight is 225 g/mol. The van der Waals surface area contributed by atoms with Crippen LogP contribution in [-0.4, -0.2) is 17.9 Å². The van der Waals surface area contributed by atoms with Crippen molar-refractivity contribution in [2.75, 3.05) is 18.2 Å². The summed E-state index contributed by atoms with van der Waals surface area (Å²) in [6.07, 6.45) is 4.12. The summed E-state index contributed by atoms with van der Waals surface area (Å²) < 4.78 is 24.4. The zero-order chi connectivity index (χ0) is 11.0. The maximum Gasteiger partial charge on any atom is 0.149 e. The number of nitrogens with zero attached hydrogens (tertiary/aromatic N) is 1. The largest absolute Gasteiger partial charge is 0.612 e. The van der Waals surface area contributed by atoms with E-state index in [4.69, 9.17) is 0 Å². The zero-order valence-corrected chi connectivity index (χ0v) is 9.47. The molecule has 2 rings (SSSR count). The Kier molecular flexibility index (Phi) is 2.71. The molecule has 0 aromatic heterocycles. The van der Waals surface area contributed by atoms with Gasteiger partial charge in [-0.1, -0.05) is 6.07 Å². The highest BCUT2D eigenvalue weighted by atomic mass is 32.2. The van der Waals surface area contributed by atoms with Crippen molar-refractivity contribution in [3.8, 4) is 0 Å². The topological polar surface area (TPSA) is 26.3 Å². The molecule has 0 amide bonds. The van der Waals surface area contributed by atoms with E-state index in [0.717, 1.165) is 16.2 Å². The van der Waals surface area contributed by atoms with Crippen LogP contribution < -0.4 is 4.90 Å². The SMILES string of the molecule is CN1C=C([S+](C)[O-])Cc2ccc(F)cc21. The fraction of sp³-hybridized carbons (Fsp3) is 0.273. The highest BCUT2D eigenvalue weighted by molar-refractivity contribution is 7.94. The van der Waals surface area contributed by atoms with Crippen molar-refractivity contribution < 1.29 is 8.94 Å². The standard InChI is InChI=1S/C11H12FNOS/c1-13-7-10(15(2)14)5-8-3-4-9(12)6-11(8)13/h3-4,6-7H,5H2,1-2H3. The quantitative estimate of drug-likeness (QED) is 0.684. The minimum absolute atomic E-state index is 0.241. The summed E-state index contributed by atoms with van der Waals surface area (Å²) in [6, 6.07) is 4.69. The second-order valence-corrected chi connectivity index (χ2v) is 5.04. The van der Waals surface area contributed by atoms with E-state index >= 15 is 0 Å². The summed E-state index contributed by atoms with van der Waals surface area (Å²) in [4.78, 5) is 2.69. The summed E-state index contributed by atoms with van der Waals surface area (Å²) in [5.41, 5.74) is 1.87. The van der Waals surface area contributed by atoms with Gasteiger partial charge in [0.25, 0.3) is 0 Å². The van der Waals surface area contributed by atoms with Crippen LogP contribution in [0.1, 0.15) is 5.56 Å². The number of anilines is 1. The number of halogens is 1. The third-order valence-electron chi connectivity index (χ3n) is 2.50. The van der Waals surface area contributed by atoms with Crippen LogP contribution in [0.25, 0.3) is 0 Å². The molecular formula is C11H12FNOS. The van der Waals surface area contributed by atoms with E-state index in [-0.39, 0.29) is 5.82 Å². The monoisotopic (exact) mass is 225 g/mol. The molecule has 0 aliphatic carbocycles. The maximum absolute atomic E-state index is 13.0. The van der Waals surface area contributed by atoms with Gasteiger partial charge in [-0.3, -0.25) is 0 Å². The van der Waals surface area contributed by atoms with Crippen molar-refractivity contribution in [2.24, 2.45) is 0 Å².